The maximum Gasteiger partial charge on any atom is 0.227 e. The van der Waals surface area contributed by atoms with Crippen LogP contribution in [-0.2, 0) is 11.2 Å². The van der Waals surface area contributed by atoms with E-state index < -0.39 is 0 Å². The van der Waals surface area contributed by atoms with E-state index in [9.17, 15) is 4.79 Å². The standard InChI is InChI=1S/C16H24N2O/c1-11-5-6-12(2)13(7-11)8-15(19)18-10-14(17)9-16(18,3)4/h5-7,14H,8-10,17H2,1-4H3. The first-order valence-electron chi connectivity index (χ1n) is 6.92. The molecule has 1 aromatic rings. The van der Waals surface area contributed by atoms with E-state index in [1.54, 1.807) is 0 Å². The number of benzene rings is 1. The molecular weight excluding hydrogens is 236 g/mol. The lowest BCUT2D eigenvalue weighted by atomic mass is 9.98. The van der Waals surface area contributed by atoms with Crippen LogP contribution in [0.4, 0.5) is 0 Å². The van der Waals surface area contributed by atoms with Gasteiger partial charge >= 0.3 is 0 Å². The van der Waals surface area contributed by atoms with E-state index >= 15 is 0 Å². The van der Waals surface area contributed by atoms with Gasteiger partial charge in [0.2, 0.25) is 5.91 Å². The number of aryl methyl sites for hydroxylation is 2. The van der Waals surface area contributed by atoms with Gasteiger partial charge in [-0.1, -0.05) is 23.8 Å². The predicted molar refractivity (Wildman–Crippen MR) is 78.0 cm³/mol. The highest BCUT2D eigenvalue weighted by Crippen LogP contribution is 2.28. The summed E-state index contributed by atoms with van der Waals surface area (Å²) < 4.78 is 0. The summed E-state index contributed by atoms with van der Waals surface area (Å²) in [6, 6.07) is 6.38. The van der Waals surface area contributed by atoms with Crippen molar-refractivity contribution < 1.29 is 4.79 Å². The lowest BCUT2D eigenvalue weighted by Crippen LogP contribution is -2.43. The van der Waals surface area contributed by atoms with Crippen molar-refractivity contribution in [2.75, 3.05) is 6.54 Å². The van der Waals surface area contributed by atoms with Crippen LogP contribution in [0, 0.1) is 13.8 Å². The maximum absolute atomic E-state index is 12.5. The lowest BCUT2D eigenvalue weighted by molar-refractivity contribution is -0.133. The van der Waals surface area contributed by atoms with Crippen molar-refractivity contribution in [3.05, 3.63) is 34.9 Å². The molecule has 1 aliphatic heterocycles. The highest BCUT2D eigenvalue weighted by atomic mass is 16.2. The van der Waals surface area contributed by atoms with Gasteiger partial charge in [0, 0.05) is 18.1 Å². The molecule has 0 spiro atoms. The van der Waals surface area contributed by atoms with Crippen molar-refractivity contribution in [3.8, 4) is 0 Å². The Bertz CT molecular complexity index is 494. The molecule has 0 aliphatic carbocycles. The first-order chi connectivity index (χ1) is 8.79. The fraction of sp³-hybridized carbons (Fsp3) is 0.562. The second kappa shape index (κ2) is 4.97. The van der Waals surface area contributed by atoms with Gasteiger partial charge in [-0.25, -0.2) is 0 Å². The average Bonchev–Trinajstić information content (AvgIpc) is 2.57. The lowest BCUT2D eigenvalue weighted by Gasteiger charge is -2.31. The van der Waals surface area contributed by atoms with Crippen molar-refractivity contribution >= 4 is 5.91 Å². The molecular formula is C16H24N2O. The fourth-order valence-corrected chi connectivity index (χ4v) is 2.99. The van der Waals surface area contributed by atoms with E-state index in [1.165, 1.54) is 11.1 Å². The molecule has 3 nitrogen and oxygen atoms in total. The van der Waals surface area contributed by atoms with Gasteiger partial charge in [-0.2, -0.15) is 0 Å². The Morgan fingerprint density at radius 2 is 2.11 bits per heavy atom. The smallest absolute Gasteiger partial charge is 0.227 e. The highest BCUT2D eigenvalue weighted by molar-refractivity contribution is 5.80. The molecule has 0 radical (unpaired) electrons. The quantitative estimate of drug-likeness (QED) is 0.886. The maximum atomic E-state index is 12.5. The summed E-state index contributed by atoms with van der Waals surface area (Å²) in [6.07, 6.45) is 1.36. The molecule has 1 saturated heterocycles. The Morgan fingerprint density at radius 1 is 1.42 bits per heavy atom. The van der Waals surface area contributed by atoms with Crippen LogP contribution in [0.1, 0.15) is 37.0 Å². The second-order valence-corrected chi connectivity index (χ2v) is 6.39. The van der Waals surface area contributed by atoms with Gasteiger partial charge in [0.05, 0.1) is 6.42 Å². The Kier molecular flexibility index (Phi) is 3.68. The largest absolute Gasteiger partial charge is 0.336 e. The first-order valence-corrected chi connectivity index (χ1v) is 6.92. The number of hydrogen-bond acceptors (Lipinski definition) is 2. The zero-order valence-electron chi connectivity index (χ0n) is 12.4. The van der Waals surface area contributed by atoms with Crippen LogP contribution in [-0.4, -0.2) is 28.9 Å². The van der Waals surface area contributed by atoms with Crippen molar-refractivity contribution in [2.24, 2.45) is 5.73 Å². The van der Waals surface area contributed by atoms with Gasteiger partial charge in [-0.15, -0.1) is 0 Å². The van der Waals surface area contributed by atoms with Crippen LogP contribution in [0.25, 0.3) is 0 Å². The third-order valence-electron chi connectivity index (χ3n) is 4.06. The number of nitrogens with two attached hydrogens (primary N) is 1. The Hall–Kier alpha value is -1.35. The van der Waals surface area contributed by atoms with Crippen molar-refractivity contribution in [3.63, 3.8) is 0 Å². The van der Waals surface area contributed by atoms with E-state index in [4.69, 9.17) is 5.73 Å². The molecule has 2 N–H and O–H groups in total. The van der Waals surface area contributed by atoms with Crippen molar-refractivity contribution in [1.82, 2.24) is 4.90 Å². The monoisotopic (exact) mass is 260 g/mol. The van der Waals surface area contributed by atoms with E-state index in [-0.39, 0.29) is 17.5 Å². The van der Waals surface area contributed by atoms with Crippen LogP contribution in [0.15, 0.2) is 18.2 Å². The zero-order chi connectivity index (χ0) is 14.2. The van der Waals surface area contributed by atoms with E-state index in [0.29, 0.717) is 13.0 Å². The molecule has 1 aliphatic rings. The highest BCUT2D eigenvalue weighted by Gasteiger charge is 2.39. The van der Waals surface area contributed by atoms with Gasteiger partial charge in [0.25, 0.3) is 0 Å². The number of amides is 1. The summed E-state index contributed by atoms with van der Waals surface area (Å²) in [5.74, 6) is 0.187. The molecule has 3 heteroatoms. The fourth-order valence-electron chi connectivity index (χ4n) is 2.99. The van der Waals surface area contributed by atoms with Gasteiger partial charge in [-0.05, 0) is 45.2 Å². The normalized spacial score (nSPS) is 21.7. The molecule has 1 unspecified atom stereocenters. The molecule has 0 saturated carbocycles. The van der Waals surface area contributed by atoms with Gasteiger partial charge < -0.3 is 10.6 Å². The molecule has 0 aromatic heterocycles. The Labute approximate surface area is 115 Å². The molecule has 1 aromatic carbocycles. The summed E-state index contributed by atoms with van der Waals surface area (Å²) in [5, 5.41) is 0. The number of hydrogen-bond donors (Lipinski definition) is 1. The topological polar surface area (TPSA) is 46.3 Å². The van der Waals surface area contributed by atoms with Gasteiger partial charge in [0.1, 0.15) is 0 Å². The molecule has 1 amide bonds. The number of nitrogens with zero attached hydrogens (tertiary/aromatic N) is 1. The van der Waals surface area contributed by atoms with Crippen molar-refractivity contribution in [1.29, 1.82) is 0 Å². The summed E-state index contributed by atoms with van der Waals surface area (Å²) in [7, 11) is 0. The minimum Gasteiger partial charge on any atom is -0.336 e. The summed E-state index contributed by atoms with van der Waals surface area (Å²) in [5.41, 5.74) is 9.38. The third-order valence-corrected chi connectivity index (χ3v) is 4.06. The summed E-state index contributed by atoms with van der Waals surface area (Å²) >= 11 is 0. The minimum atomic E-state index is -0.117. The van der Waals surface area contributed by atoms with E-state index in [0.717, 1.165) is 12.0 Å². The van der Waals surface area contributed by atoms with Crippen LogP contribution in [0.5, 0.6) is 0 Å². The molecule has 19 heavy (non-hydrogen) atoms. The van der Waals surface area contributed by atoms with Crippen LogP contribution in [0.3, 0.4) is 0 Å². The Morgan fingerprint density at radius 3 is 2.68 bits per heavy atom. The molecule has 1 fully saturated rings. The zero-order valence-corrected chi connectivity index (χ0v) is 12.4. The SMILES string of the molecule is Cc1ccc(C)c(CC(=O)N2CC(N)CC2(C)C)c1. The molecule has 1 heterocycles. The summed E-state index contributed by atoms with van der Waals surface area (Å²) in [6.45, 7) is 8.99. The van der Waals surface area contributed by atoms with Crippen LogP contribution in [0.2, 0.25) is 0 Å². The van der Waals surface area contributed by atoms with Crippen molar-refractivity contribution in [2.45, 2.75) is 52.1 Å². The molecule has 0 bridgehead atoms. The number of rotatable bonds is 2. The second-order valence-electron chi connectivity index (χ2n) is 6.39. The number of carbonyl (C=O) groups is 1. The van der Waals surface area contributed by atoms with Crippen LogP contribution >= 0.6 is 0 Å². The molecule has 1 atom stereocenters. The van der Waals surface area contributed by atoms with Gasteiger partial charge in [-0.3, -0.25) is 4.79 Å². The Balaban J connectivity index is 2.15. The average molecular weight is 260 g/mol. The molecule has 104 valence electrons. The van der Waals surface area contributed by atoms with Crippen LogP contribution < -0.4 is 5.73 Å². The predicted octanol–water partition coefficient (Wildman–Crippen LogP) is 2.18. The third kappa shape index (κ3) is 2.98. The minimum absolute atomic E-state index is 0.109. The molecule has 2 rings (SSSR count). The van der Waals surface area contributed by atoms with E-state index in [1.807, 2.05) is 4.90 Å². The van der Waals surface area contributed by atoms with E-state index in [2.05, 4.69) is 45.9 Å². The summed E-state index contributed by atoms with van der Waals surface area (Å²) in [4.78, 5) is 14.5. The first kappa shape index (κ1) is 14.1. The van der Waals surface area contributed by atoms with Gasteiger partial charge in [0.15, 0.2) is 0 Å². The number of carbonyl (C=O) groups excluding carboxylic acids is 1. The number of likely N-dealkylation sites (tertiary alicyclic amines) is 1.